The van der Waals surface area contributed by atoms with Gasteiger partial charge in [0.15, 0.2) is 5.82 Å². The lowest BCUT2D eigenvalue weighted by atomic mass is 10.2. The van der Waals surface area contributed by atoms with Crippen molar-refractivity contribution in [3.05, 3.63) is 39.7 Å². The summed E-state index contributed by atoms with van der Waals surface area (Å²) in [5.74, 6) is 5.85. The molecule has 0 aliphatic heterocycles. The van der Waals surface area contributed by atoms with Gasteiger partial charge in [-0.1, -0.05) is 20.3 Å². The molecule has 0 aliphatic rings. The molecule has 0 amide bonds. The summed E-state index contributed by atoms with van der Waals surface area (Å²) in [5.41, 5.74) is -0.0772. The fourth-order valence-corrected chi connectivity index (χ4v) is 2.84. The molecule has 2 aromatic rings. The number of nitrogens with zero attached hydrogens (tertiary/aromatic N) is 4. The standard InChI is InChI=1S/C15H19N5O4S/c1-3-5-8-24-14(21)10-6-7-12(11(9-10)20(22)23)25-15-18-17-13(4-2)19(15)16/h6-7,9H,3-5,8,16H2,1-2H3. The summed E-state index contributed by atoms with van der Waals surface area (Å²) in [4.78, 5) is 23.1. The molecule has 0 radical (unpaired) electrons. The molecule has 0 spiro atoms. The van der Waals surface area contributed by atoms with Gasteiger partial charge < -0.3 is 10.6 Å². The van der Waals surface area contributed by atoms with E-state index >= 15 is 0 Å². The number of unbranched alkanes of at least 4 members (excludes halogenated alkanes) is 1. The number of carbonyl (C=O) groups is 1. The van der Waals surface area contributed by atoms with E-state index in [2.05, 4.69) is 10.2 Å². The van der Waals surface area contributed by atoms with Crippen LogP contribution in [-0.2, 0) is 11.2 Å². The molecule has 1 aromatic heterocycles. The lowest BCUT2D eigenvalue weighted by Crippen LogP contribution is -2.13. The van der Waals surface area contributed by atoms with Gasteiger partial charge in [-0.3, -0.25) is 10.1 Å². The smallest absolute Gasteiger partial charge is 0.338 e. The summed E-state index contributed by atoms with van der Waals surface area (Å²) >= 11 is 1.02. The van der Waals surface area contributed by atoms with Gasteiger partial charge in [-0.25, -0.2) is 9.47 Å². The summed E-state index contributed by atoms with van der Waals surface area (Å²) in [5, 5.41) is 19.5. The molecular weight excluding hydrogens is 346 g/mol. The lowest BCUT2D eigenvalue weighted by molar-refractivity contribution is -0.387. The van der Waals surface area contributed by atoms with Crippen molar-refractivity contribution in [3.63, 3.8) is 0 Å². The minimum Gasteiger partial charge on any atom is -0.462 e. The molecule has 0 atom stereocenters. The van der Waals surface area contributed by atoms with Crippen LogP contribution in [0.5, 0.6) is 0 Å². The summed E-state index contributed by atoms with van der Waals surface area (Å²) in [6, 6.07) is 4.18. The topological polar surface area (TPSA) is 126 Å². The normalized spacial score (nSPS) is 10.6. The number of benzene rings is 1. The number of rotatable bonds is 8. The molecule has 0 bridgehead atoms. The molecule has 134 valence electrons. The zero-order valence-corrected chi connectivity index (χ0v) is 14.8. The van der Waals surface area contributed by atoms with Crippen molar-refractivity contribution in [3.8, 4) is 0 Å². The van der Waals surface area contributed by atoms with E-state index in [-0.39, 0.29) is 17.9 Å². The first-order valence-electron chi connectivity index (χ1n) is 7.80. The van der Waals surface area contributed by atoms with Gasteiger partial charge in [0.2, 0.25) is 5.16 Å². The van der Waals surface area contributed by atoms with Gasteiger partial charge >= 0.3 is 5.97 Å². The molecule has 2 N–H and O–H groups in total. The van der Waals surface area contributed by atoms with Crippen LogP contribution in [0.4, 0.5) is 5.69 Å². The maximum atomic E-state index is 12.0. The highest BCUT2D eigenvalue weighted by atomic mass is 32.2. The molecule has 10 heteroatoms. The van der Waals surface area contributed by atoms with Crippen LogP contribution in [0, 0.1) is 10.1 Å². The average Bonchev–Trinajstić information content (AvgIpc) is 2.95. The van der Waals surface area contributed by atoms with E-state index < -0.39 is 10.9 Å². The monoisotopic (exact) mass is 365 g/mol. The third kappa shape index (κ3) is 4.47. The summed E-state index contributed by atoms with van der Waals surface area (Å²) in [6.45, 7) is 4.14. The number of nitro groups is 1. The fraction of sp³-hybridized carbons (Fsp3) is 0.400. The van der Waals surface area contributed by atoms with Crippen molar-refractivity contribution < 1.29 is 14.5 Å². The van der Waals surface area contributed by atoms with Crippen molar-refractivity contribution >= 4 is 23.4 Å². The van der Waals surface area contributed by atoms with Gasteiger partial charge in [-0.15, -0.1) is 10.2 Å². The first kappa shape index (κ1) is 18.7. The molecule has 1 aromatic carbocycles. The Labute approximate surface area is 148 Å². The van der Waals surface area contributed by atoms with Gasteiger partial charge in [0, 0.05) is 12.5 Å². The lowest BCUT2D eigenvalue weighted by Gasteiger charge is -2.06. The van der Waals surface area contributed by atoms with Crippen molar-refractivity contribution in [2.75, 3.05) is 12.4 Å². The molecule has 2 rings (SSSR count). The van der Waals surface area contributed by atoms with E-state index in [1.807, 2.05) is 13.8 Å². The van der Waals surface area contributed by atoms with Crippen LogP contribution in [0.2, 0.25) is 0 Å². The van der Waals surface area contributed by atoms with E-state index in [0.717, 1.165) is 24.6 Å². The Morgan fingerprint density at radius 1 is 1.40 bits per heavy atom. The first-order chi connectivity index (χ1) is 12.0. The van der Waals surface area contributed by atoms with Crippen LogP contribution in [-0.4, -0.2) is 32.4 Å². The van der Waals surface area contributed by atoms with E-state index in [1.54, 1.807) is 0 Å². The number of carbonyl (C=O) groups excluding carboxylic acids is 1. The molecule has 9 nitrogen and oxygen atoms in total. The van der Waals surface area contributed by atoms with E-state index in [9.17, 15) is 14.9 Å². The zero-order chi connectivity index (χ0) is 18.4. The molecular formula is C15H19N5O4S. The molecule has 0 unspecified atom stereocenters. The molecule has 0 fully saturated rings. The molecule has 0 saturated heterocycles. The number of nitro benzene ring substituents is 1. The Balaban J connectivity index is 2.25. The zero-order valence-electron chi connectivity index (χ0n) is 14.0. The third-order valence-electron chi connectivity index (χ3n) is 3.37. The van der Waals surface area contributed by atoms with E-state index in [0.29, 0.717) is 22.3 Å². The maximum Gasteiger partial charge on any atom is 0.338 e. The predicted octanol–water partition coefficient (Wildman–Crippen LogP) is 2.57. The molecule has 25 heavy (non-hydrogen) atoms. The van der Waals surface area contributed by atoms with Crippen LogP contribution in [0.3, 0.4) is 0 Å². The quantitative estimate of drug-likeness (QED) is 0.249. The van der Waals surface area contributed by atoms with Gasteiger partial charge in [-0.05, 0) is 30.3 Å². The number of aryl methyl sites for hydroxylation is 1. The minimum atomic E-state index is -0.580. The van der Waals surface area contributed by atoms with Crippen molar-refractivity contribution in [1.82, 2.24) is 14.9 Å². The summed E-state index contributed by atoms with van der Waals surface area (Å²) in [6.07, 6.45) is 2.23. The highest BCUT2D eigenvalue weighted by molar-refractivity contribution is 7.99. The minimum absolute atomic E-state index is 0.135. The van der Waals surface area contributed by atoms with Crippen LogP contribution in [0.25, 0.3) is 0 Å². The van der Waals surface area contributed by atoms with Crippen molar-refractivity contribution in [1.29, 1.82) is 0 Å². The number of ether oxygens (including phenoxy) is 1. The average molecular weight is 365 g/mol. The van der Waals surface area contributed by atoms with Crippen LogP contribution in [0.1, 0.15) is 42.9 Å². The number of aromatic nitrogens is 3. The number of esters is 1. The summed E-state index contributed by atoms with van der Waals surface area (Å²) in [7, 11) is 0. The Bertz CT molecular complexity index is 777. The SMILES string of the molecule is CCCCOC(=O)c1ccc(Sc2nnc(CC)n2N)c([N+](=O)[O-])c1. The molecule has 1 heterocycles. The summed E-state index contributed by atoms with van der Waals surface area (Å²) < 4.78 is 6.38. The Hall–Kier alpha value is -2.62. The maximum absolute atomic E-state index is 12.0. The second kappa shape index (κ2) is 8.47. The first-order valence-corrected chi connectivity index (χ1v) is 8.62. The van der Waals surface area contributed by atoms with E-state index in [4.69, 9.17) is 10.6 Å². The predicted molar refractivity (Wildman–Crippen MR) is 92.0 cm³/mol. The van der Waals surface area contributed by atoms with Gasteiger partial charge in [0.1, 0.15) is 0 Å². The van der Waals surface area contributed by atoms with Crippen molar-refractivity contribution in [2.24, 2.45) is 0 Å². The third-order valence-corrected chi connectivity index (χ3v) is 4.40. The van der Waals surface area contributed by atoms with E-state index in [1.165, 1.54) is 22.9 Å². The van der Waals surface area contributed by atoms with Crippen molar-refractivity contribution in [2.45, 2.75) is 43.2 Å². The van der Waals surface area contributed by atoms with Gasteiger partial charge in [-0.2, -0.15) is 0 Å². The second-order valence-corrected chi connectivity index (χ2v) is 6.16. The number of nitrogen functional groups attached to an aromatic ring is 1. The molecule has 0 saturated carbocycles. The number of hydrogen-bond donors (Lipinski definition) is 1. The largest absolute Gasteiger partial charge is 0.462 e. The Morgan fingerprint density at radius 3 is 2.76 bits per heavy atom. The van der Waals surface area contributed by atoms with Crippen LogP contribution in [0.15, 0.2) is 28.3 Å². The second-order valence-electron chi connectivity index (χ2n) is 5.15. The number of nitrogens with two attached hydrogens (primary N) is 1. The van der Waals surface area contributed by atoms with Crippen LogP contribution < -0.4 is 5.84 Å². The van der Waals surface area contributed by atoms with Gasteiger partial charge in [0.25, 0.3) is 5.69 Å². The highest BCUT2D eigenvalue weighted by Crippen LogP contribution is 2.34. The highest BCUT2D eigenvalue weighted by Gasteiger charge is 2.21. The van der Waals surface area contributed by atoms with Crippen LogP contribution >= 0.6 is 11.8 Å². The fourth-order valence-electron chi connectivity index (χ4n) is 1.98. The Kier molecular flexibility index (Phi) is 6.34. The Morgan fingerprint density at radius 2 is 2.16 bits per heavy atom. The number of hydrogen-bond acceptors (Lipinski definition) is 8. The molecule has 0 aliphatic carbocycles. The van der Waals surface area contributed by atoms with Gasteiger partial charge in [0.05, 0.1) is 22.0 Å².